The Bertz CT molecular complexity index is 1220. The molecule has 0 bridgehead atoms. The average Bonchev–Trinajstić information content (AvgIpc) is 3.61. The van der Waals surface area contributed by atoms with Gasteiger partial charge >= 0.3 is 0 Å². The number of carbonyl (C=O) groups excluding carboxylic acids is 3. The summed E-state index contributed by atoms with van der Waals surface area (Å²) in [6.45, 7) is 7.85. The van der Waals surface area contributed by atoms with Gasteiger partial charge < -0.3 is 9.80 Å². The molecule has 0 N–H and O–H groups in total. The largest absolute Gasteiger partial charge is 0.342 e. The first kappa shape index (κ1) is 30.0. The van der Waals surface area contributed by atoms with Gasteiger partial charge in [0, 0.05) is 45.4 Å². The van der Waals surface area contributed by atoms with Gasteiger partial charge in [-0.05, 0) is 87.4 Å². The lowest BCUT2D eigenvalue weighted by atomic mass is 9.80. The van der Waals surface area contributed by atoms with Crippen LogP contribution in [0.5, 0.6) is 0 Å². The molecule has 2 aliphatic heterocycles. The second-order valence-corrected chi connectivity index (χ2v) is 13.8. The maximum atomic E-state index is 13.4. The van der Waals surface area contributed by atoms with Gasteiger partial charge in [0.15, 0.2) is 5.78 Å². The number of piperidine rings is 2. The molecule has 1 saturated carbocycles. The number of amides is 1. The Morgan fingerprint density at radius 3 is 2.44 bits per heavy atom. The Morgan fingerprint density at radius 2 is 1.73 bits per heavy atom. The van der Waals surface area contributed by atoms with Crippen LogP contribution >= 0.6 is 11.3 Å². The van der Waals surface area contributed by atoms with Crippen molar-refractivity contribution < 1.29 is 18.8 Å². The summed E-state index contributed by atoms with van der Waals surface area (Å²) in [5, 5.41) is 0.712. The van der Waals surface area contributed by atoms with E-state index in [0.29, 0.717) is 40.4 Å². The van der Waals surface area contributed by atoms with Gasteiger partial charge in [-0.15, -0.1) is 11.3 Å². The van der Waals surface area contributed by atoms with Crippen LogP contribution in [0, 0.1) is 36.4 Å². The molecule has 8 heteroatoms. The molecule has 0 unspecified atom stereocenters. The second kappa shape index (κ2) is 13.7. The third-order valence-corrected chi connectivity index (χ3v) is 10.7. The number of hydrogen-bond acceptors (Lipinski definition) is 6. The van der Waals surface area contributed by atoms with E-state index in [4.69, 9.17) is 0 Å². The van der Waals surface area contributed by atoms with Crippen molar-refractivity contribution in [2.24, 2.45) is 23.7 Å². The number of nitrogens with zero attached hydrogens (tertiary/aromatic N) is 3. The van der Waals surface area contributed by atoms with Crippen LogP contribution in [0.15, 0.2) is 24.3 Å². The maximum absolute atomic E-state index is 13.4. The highest BCUT2D eigenvalue weighted by molar-refractivity contribution is 7.13. The van der Waals surface area contributed by atoms with Crippen molar-refractivity contribution in [3.63, 3.8) is 0 Å². The standard InChI is InChI=1S/C33H44FN3O3S/c1-22-32(23(2)38)41-31(35-22)18-30(39)17-28-21-37(33(40)26-7-3-4-8-26)15-13-27(28)20-36-14-5-6-25(19-36)16-24-9-11-29(34)12-10-24/h9-12,25-28H,3-8,13-21H2,1-2H3/t25-,27-,28+/m0/s1. The zero-order chi connectivity index (χ0) is 28.9. The molecule has 2 aromatic rings. The molecule has 222 valence electrons. The Labute approximate surface area is 247 Å². The van der Waals surface area contributed by atoms with Gasteiger partial charge in [0.1, 0.15) is 16.6 Å². The van der Waals surface area contributed by atoms with E-state index in [1.54, 1.807) is 19.1 Å². The topological polar surface area (TPSA) is 70.6 Å². The van der Waals surface area contributed by atoms with Crippen molar-refractivity contribution in [2.75, 3.05) is 32.7 Å². The SMILES string of the molecule is CC(=O)c1sc(CC(=O)C[C@@H]2CN(C(=O)C3CCCC3)CC[C@H]2CN2CCC[C@@H](Cc3ccc(F)cc3)C2)nc1C. The minimum Gasteiger partial charge on any atom is -0.342 e. The summed E-state index contributed by atoms with van der Waals surface area (Å²) < 4.78 is 13.4. The number of benzene rings is 1. The molecule has 3 atom stereocenters. The summed E-state index contributed by atoms with van der Waals surface area (Å²) in [4.78, 5) is 48.3. The van der Waals surface area contributed by atoms with Crippen molar-refractivity contribution in [2.45, 2.75) is 78.1 Å². The predicted molar refractivity (Wildman–Crippen MR) is 160 cm³/mol. The van der Waals surface area contributed by atoms with E-state index < -0.39 is 0 Å². The van der Waals surface area contributed by atoms with Gasteiger partial charge in [-0.2, -0.15) is 0 Å². The normalized spacial score (nSPS) is 24.1. The number of likely N-dealkylation sites (tertiary alicyclic amines) is 2. The molecule has 1 aromatic carbocycles. The first-order chi connectivity index (χ1) is 19.7. The third-order valence-electron chi connectivity index (χ3n) is 9.44. The number of ketones is 2. The highest BCUT2D eigenvalue weighted by Gasteiger charge is 2.37. The molecule has 0 radical (unpaired) electrons. The molecule has 1 aliphatic carbocycles. The number of hydrogen-bond donors (Lipinski definition) is 0. The van der Waals surface area contributed by atoms with Crippen LogP contribution in [0.25, 0.3) is 0 Å². The number of aromatic nitrogens is 1. The number of carbonyl (C=O) groups is 3. The average molecular weight is 582 g/mol. The molecule has 5 rings (SSSR count). The van der Waals surface area contributed by atoms with Crippen LogP contribution in [-0.4, -0.2) is 65.0 Å². The molecule has 2 saturated heterocycles. The lowest BCUT2D eigenvalue weighted by molar-refractivity contribution is -0.139. The number of aryl methyl sites for hydroxylation is 1. The molecule has 1 aromatic heterocycles. The Kier molecular flexibility index (Phi) is 10.0. The lowest BCUT2D eigenvalue weighted by Crippen LogP contribution is -2.50. The molecule has 3 heterocycles. The Balaban J connectivity index is 1.23. The van der Waals surface area contributed by atoms with Crippen LogP contribution in [0.2, 0.25) is 0 Å². The fraction of sp³-hybridized carbons (Fsp3) is 0.636. The summed E-state index contributed by atoms with van der Waals surface area (Å²) >= 11 is 1.34. The smallest absolute Gasteiger partial charge is 0.225 e. The van der Waals surface area contributed by atoms with E-state index in [1.807, 2.05) is 19.1 Å². The van der Waals surface area contributed by atoms with Gasteiger partial charge in [-0.25, -0.2) is 9.37 Å². The number of Topliss-reactive ketones (excluding diaryl/α,β-unsaturated/α-hetero) is 2. The van der Waals surface area contributed by atoms with Gasteiger partial charge in [0.05, 0.1) is 17.0 Å². The quantitative estimate of drug-likeness (QED) is 0.327. The molecule has 1 amide bonds. The van der Waals surface area contributed by atoms with Gasteiger partial charge in [-0.3, -0.25) is 14.4 Å². The molecule has 3 aliphatic rings. The highest BCUT2D eigenvalue weighted by atomic mass is 32.1. The zero-order valence-electron chi connectivity index (χ0n) is 24.6. The molecule has 41 heavy (non-hydrogen) atoms. The minimum absolute atomic E-state index is 0.00799. The summed E-state index contributed by atoms with van der Waals surface area (Å²) in [5.41, 5.74) is 1.89. The van der Waals surface area contributed by atoms with Crippen LogP contribution < -0.4 is 0 Å². The number of rotatable bonds is 10. The van der Waals surface area contributed by atoms with Crippen LogP contribution in [-0.2, 0) is 22.4 Å². The zero-order valence-corrected chi connectivity index (χ0v) is 25.4. The number of thiazole rings is 1. The lowest BCUT2D eigenvalue weighted by Gasteiger charge is -2.43. The van der Waals surface area contributed by atoms with Crippen molar-refractivity contribution in [3.05, 3.63) is 51.2 Å². The predicted octanol–water partition coefficient (Wildman–Crippen LogP) is 5.90. The van der Waals surface area contributed by atoms with E-state index in [2.05, 4.69) is 14.8 Å². The van der Waals surface area contributed by atoms with E-state index in [9.17, 15) is 18.8 Å². The highest BCUT2D eigenvalue weighted by Crippen LogP contribution is 2.33. The van der Waals surface area contributed by atoms with Crippen molar-refractivity contribution >= 4 is 28.8 Å². The fourth-order valence-corrected chi connectivity index (χ4v) is 8.33. The third kappa shape index (κ3) is 7.89. The van der Waals surface area contributed by atoms with Gasteiger partial charge in [0.2, 0.25) is 5.91 Å². The summed E-state index contributed by atoms with van der Waals surface area (Å²) in [5.74, 6) is 1.43. The first-order valence-corrected chi connectivity index (χ1v) is 16.3. The fourth-order valence-electron chi connectivity index (χ4n) is 7.34. The van der Waals surface area contributed by atoms with Gasteiger partial charge in [0.25, 0.3) is 0 Å². The molecular formula is C33H44FN3O3S. The molecule has 0 spiro atoms. The first-order valence-electron chi connectivity index (χ1n) is 15.5. The number of halogens is 1. The summed E-state index contributed by atoms with van der Waals surface area (Å²) in [6.07, 6.45) is 9.18. The molecule has 3 fully saturated rings. The maximum Gasteiger partial charge on any atom is 0.225 e. The van der Waals surface area contributed by atoms with Crippen molar-refractivity contribution in [3.8, 4) is 0 Å². The van der Waals surface area contributed by atoms with E-state index in [0.717, 1.165) is 71.1 Å². The summed E-state index contributed by atoms with van der Waals surface area (Å²) in [7, 11) is 0. The Morgan fingerprint density at radius 1 is 0.976 bits per heavy atom. The van der Waals surface area contributed by atoms with E-state index in [1.165, 1.54) is 23.3 Å². The van der Waals surface area contributed by atoms with E-state index >= 15 is 0 Å². The summed E-state index contributed by atoms with van der Waals surface area (Å²) in [6, 6.07) is 6.89. The Hall–Kier alpha value is -2.45. The van der Waals surface area contributed by atoms with Crippen LogP contribution in [0.4, 0.5) is 4.39 Å². The molecule has 6 nitrogen and oxygen atoms in total. The monoisotopic (exact) mass is 581 g/mol. The minimum atomic E-state index is -0.193. The van der Waals surface area contributed by atoms with E-state index in [-0.39, 0.29) is 41.5 Å². The molecular weight excluding hydrogens is 537 g/mol. The van der Waals surface area contributed by atoms with Crippen LogP contribution in [0.1, 0.15) is 84.2 Å². The van der Waals surface area contributed by atoms with Crippen molar-refractivity contribution in [1.29, 1.82) is 0 Å². The van der Waals surface area contributed by atoms with Gasteiger partial charge in [-0.1, -0.05) is 25.0 Å². The van der Waals surface area contributed by atoms with Crippen molar-refractivity contribution in [1.82, 2.24) is 14.8 Å². The second-order valence-electron chi connectivity index (χ2n) is 12.7. The van der Waals surface area contributed by atoms with Crippen LogP contribution in [0.3, 0.4) is 0 Å².